The first-order valence-electron chi connectivity index (χ1n) is 6.17. The van der Waals surface area contributed by atoms with Gasteiger partial charge in [0, 0.05) is 12.6 Å². The summed E-state index contributed by atoms with van der Waals surface area (Å²) in [6.45, 7) is 0.235. The highest BCUT2D eigenvalue weighted by Crippen LogP contribution is 2.26. The number of carbonyl (C=O) groups excluding carboxylic acids is 1. The molecule has 1 N–H and O–H groups in total. The third-order valence-electron chi connectivity index (χ3n) is 2.99. The summed E-state index contributed by atoms with van der Waals surface area (Å²) in [5.41, 5.74) is 0. The number of aliphatic carboxylic acids is 1. The van der Waals surface area contributed by atoms with Gasteiger partial charge in [0.2, 0.25) is 0 Å². The fraction of sp³-hybridized carbons (Fsp3) is 0.385. The van der Waals surface area contributed by atoms with Gasteiger partial charge in [-0.15, -0.1) is 0 Å². The van der Waals surface area contributed by atoms with Crippen molar-refractivity contribution in [1.29, 1.82) is 0 Å². The number of rotatable bonds is 4. The van der Waals surface area contributed by atoms with Crippen LogP contribution >= 0.6 is 23.2 Å². The van der Waals surface area contributed by atoms with Crippen molar-refractivity contribution in [2.24, 2.45) is 0 Å². The molecule has 1 aromatic rings. The first kappa shape index (κ1) is 15.9. The Morgan fingerprint density at radius 2 is 2.14 bits per heavy atom. The highest BCUT2D eigenvalue weighted by atomic mass is 35.5. The second kappa shape index (κ2) is 6.98. The van der Waals surface area contributed by atoms with E-state index in [9.17, 15) is 9.59 Å². The number of hydrogen-bond acceptors (Lipinski definition) is 4. The number of amides is 1. The van der Waals surface area contributed by atoms with E-state index in [1.807, 2.05) is 0 Å². The third kappa shape index (κ3) is 4.00. The highest BCUT2D eigenvalue weighted by Gasteiger charge is 2.32. The molecule has 0 aromatic heterocycles. The molecule has 0 aliphatic carbocycles. The van der Waals surface area contributed by atoms with E-state index in [0.29, 0.717) is 22.4 Å². The van der Waals surface area contributed by atoms with Gasteiger partial charge in [0.15, 0.2) is 12.6 Å². The molecule has 114 valence electrons. The zero-order valence-electron chi connectivity index (χ0n) is 10.9. The molecule has 1 aromatic carbocycles. The molecule has 1 unspecified atom stereocenters. The van der Waals surface area contributed by atoms with Gasteiger partial charge in [0.1, 0.15) is 5.75 Å². The van der Waals surface area contributed by atoms with Gasteiger partial charge in [-0.2, -0.15) is 0 Å². The molecule has 1 amide bonds. The normalized spacial score (nSPS) is 18.4. The Morgan fingerprint density at radius 3 is 2.81 bits per heavy atom. The van der Waals surface area contributed by atoms with E-state index in [-0.39, 0.29) is 19.8 Å². The van der Waals surface area contributed by atoms with Crippen LogP contribution in [-0.4, -0.2) is 54.3 Å². The van der Waals surface area contributed by atoms with Crippen LogP contribution in [0.3, 0.4) is 0 Å². The maximum absolute atomic E-state index is 12.1. The smallest absolute Gasteiger partial charge is 0.328 e. The minimum atomic E-state index is -1.10. The van der Waals surface area contributed by atoms with Crippen LogP contribution in [0.4, 0.5) is 0 Å². The first-order chi connectivity index (χ1) is 9.99. The summed E-state index contributed by atoms with van der Waals surface area (Å²) in [5.74, 6) is -1.13. The summed E-state index contributed by atoms with van der Waals surface area (Å²) in [4.78, 5) is 24.4. The number of hydrogen-bond donors (Lipinski definition) is 1. The quantitative estimate of drug-likeness (QED) is 0.907. The van der Waals surface area contributed by atoms with Crippen LogP contribution in [0.25, 0.3) is 0 Å². The van der Waals surface area contributed by atoms with Crippen molar-refractivity contribution in [1.82, 2.24) is 4.90 Å². The predicted molar refractivity (Wildman–Crippen MR) is 75.9 cm³/mol. The van der Waals surface area contributed by atoms with E-state index in [2.05, 4.69) is 0 Å². The monoisotopic (exact) mass is 333 g/mol. The van der Waals surface area contributed by atoms with E-state index in [1.165, 1.54) is 11.0 Å². The number of morpholine rings is 1. The van der Waals surface area contributed by atoms with E-state index in [0.717, 1.165) is 0 Å². The van der Waals surface area contributed by atoms with E-state index in [1.54, 1.807) is 12.1 Å². The Kier molecular flexibility index (Phi) is 5.27. The van der Waals surface area contributed by atoms with Crippen LogP contribution in [0.5, 0.6) is 5.75 Å². The van der Waals surface area contributed by atoms with Crippen molar-refractivity contribution in [2.75, 3.05) is 26.4 Å². The summed E-state index contributed by atoms with van der Waals surface area (Å²) in [6.07, 6.45) is 0. The van der Waals surface area contributed by atoms with Crippen LogP contribution in [0, 0.1) is 0 Å². The molecule has 1 heterocycles. The average Bonchev–Trinajstić information content (AvgIpc) is 2.48. The molecule has 0 saturated carbocycles. The Morgan fingerprint density at radius 1 is 1.38 bits per heavy atom. The standard InChI is InChI=1S/C13H13Cl2NO5/c14-9-2-1-8(5-10(9)15)21-7-12(17)16-3-4-20-6-11(16)13(18)19/h1-2,5,11H,3-4,6-7H2,(H,18,19). The maximum atomic E-state index is 12.1. The fourth-order valence-corrected chi connectivity index (χ4v) is 2.19. The van der Waals surface area contributed by atoms with E-state index in [4.69, 9.17) is 37.8 Å². The summed E-state index contributed by atoms with van der Waals surface area (Å²) in [5, 5.41) is 9.76. The number of carbonyl (C=O) groups is 2. The highest BCUT2D eigenvalue weighted by molar-refractivity contribution is 6.42. The summed E-state index contributed by atoms with van der Waals surface area (Å²) in [6, 6.07) is 3.64. The van der Waals surface area contributed by atoms with Crippen LogP contribution in [-0.2, 0) is 14.3 Å². The fourth-order valence-electron chi connectivity index (χ4n) is 1.90. The second-order valence-corrected chi connectivity index (χ2v) is 5.20. The Balaban J connectivity index is 1.96. The molecule has 0 bridgehead atoms. The number of carboxylic acids is 1. The lowest BCUT2D eigenvalue weighted by molar-refractivity contribution is -0.159. The van der Waals surface area contributed by atoms with E-state index >= 15 is 0 Å². The van der Waals surface area contributed by atoms with Gasteiger partial charge < -0.3 is 19.5 Å². The van der Waals surface area contributed by atoms with Gasteiger partial charge in [-0.05, 0) is 12.1 Å². The number of ether oxygens (including phenoxy) is 2. The predicted octanol–water partition coefficient (Wildman–Crippen LogP) is 1.68. The van der Waals surface area contributed by atoms with E-state index < -0.39 is 17.9 Å². The van der Waals surface area contributed by atoms with Crippen LogP contribution < -0.4 is 4.74 Å². The molecule has 0 radical (unpaired) electrons. The van der Waals surface area contributed by atoms with Crippen molar-refractivity contribution in [2.45, 2.75) is 6.04 Å². The zero-order chi connectivity index (χ0) is 15.4. The number of nitrogens with zero attached hydrogens (tertiary/aromatic N) is 1. The van der Waals surface area contributed by atoms with Crippen molar-refractivity contribution in [3.8, 4) is 5.75 Å². The third-order valence-corrected chi connectivity index (χ3v) is 3.73. The maximum Gasteiger partial charge on any atom is 0.328 e. The van der Waals surface area contributed by atoms with Crippen molar-refractivity contribution < 1.29 is 24.2 Å². The Bertz CT molecular complexity index is 551. The molecule has 6 nitrogen and oxygen atoms in total. The van der Waals surface area contributed by atoms with Gasteiger partial charge in [0.25, 0.3) is 5.91 Å². The Labute approximate surface area is 131 Å². The lowest BCUT2D eigenvalue weighted by Gasteiger charge is -2.32. The minimum Gasteiger partial charge on any atom is -0.484 e. The minimum absolute atomic E-state index is 0.0200. The molecule has 1 saturated heterocycles. The summed E-state index contributed by atoms with van der Waals surface area (Å²) < 4.78 is 10.4. The van der Waals surface area contributed by atoms with Gasteiger partial charge in [0.05, 0.1) is 23.3 Å². The molecular weight excluding hydrogens is 321 g/mol. The molecule has 8 heteroatoms. The lowest BCUT2D eigenvalue weighted by atomic mass is 10.2. The van der Waals surface area contributed by atoms with Gasteiger partial charge in [-0.25, -0.2) is 4.79 Å². The molecular formula is C13H13Cl2NO5. The molecule has 21 heavy (non-hydrogen) atoms. The zero-order valence-corrected chi connectivity index (χ0v) is 12.4. The second-order valence-electron chi connectivity index (χ2n) is 4.38. The van der Waals surface area contributed by atoms with Gasteiger partial charge in [-0.1, -0.05) is 23.2 Å². The van der Waals surface area contributed by atoms with Crippen LogP contribution in [0.2, 0.25) is 10.0 Å². The molecule has 1 aliphatic rings. The molecule has 2 rings (SSSR count). The molecule has 1 fully saturated rings. The van der Waals surface area contributed by atoms with Gasteiger partial charge in [-0.3, -0.25) is 4.79 Å². The van der Waals surface area contributed by atoms with Crippen molar-refractivity contribution in [3.05, 3.63) is 28.2 Å². The first-order valence-corrected chi connectivity index (χ1v) is 6.92. The number of benzene rings is 1. The summed E-state index contributed by atoms with van der Waals surface area (Å²) in [7, 11) is 0. The van der Waals surface area contributed by atoms with Crippen LogP contribution in [0.1, 0.15) is 0 Å². The molecule has 0 spiro atoms. The lowest BCUT2D eigenvalue weighted by Crippen LogP contribution is -2.53. The Hall–Kier alpha value is -1.50. The van der Waals surface area contributed by atoms with Crippen molar-refractivity contribution in [3.63, 3.8) is 0 Å². The van der Waals surface area contributed by atoms with Gasteiger partial charge >= 0.3 is 5.97 Å². The average molecular weight is 334 g/mol. The SMILES string of the molecule is O=C(O)C1COCCN1C(=O)COc1ccc(Cl)c(Cl)c1. The largest absolute Gasteiger partial charge is 0.484 e. The molecule has 1 aliphatic heterocycles. The molecule has 1 atom stereocenters. The topological polar surface area (TPSA) is 76.1 Å². The number of carboxylic acid groups (broad SMARTS) is 1. The van der Waals surface area contributed by atoms with Crippen molar-refractivity contribution >= 4 is 35.1 Å². The summed E-state index contributed by atoms with van der Waals surface area (Å²) >= 11 is 11.6. The van der Waals surface area contributed by atoms with Crippen LogP contribution in [0.15, 0.2) is 18.2 Å². The number of halogens is 2.